The number of fused-ring (bicyclic) bond motifs is 1. The van der Waals surface area contributed by atoms with E-state index in [1.807, 2.05) is 24.3 Å². The van der Waals surface area contributed by atoms with E-state index in [9.17, 15) is 14.4 Å². The number of pyridine rings is 1. The number of aromatic nitrogens is 1. The third-order valence-corrected chi connectivity index (χ3v) is 5.41. The van der Waals surface area contributed by atoms with E-state index in [2.05, 4.69) is 10.3 Å². The van der Waals surface area contributed by atoms with Crippen molar-refractivity contribution >= 4 is 29.0 Å². The van der Waals surface area contributed by atoms with Gasteiger partial charge >= 0.3 is 0 Å². The number of ketones is 1. The molecule has 0 saturated carbocycles. The Hall–Kier alpha value is -3.80. The van der Waals surface area contributed by atoms with Crippen molar-refractivity contribution in [2.24, 2.45) is 5.92 Å². The van der Waals surface area contributed by atoms with Crippen LogP contribution in [-0.4, -0.2) is 29.1 Å². The third-order valence-electron chi connectivity index (χ3n) is 5.41. The molecule has 6 heteroatoms. The Balaban J connectivity index is 1.59. The van der Waals surface area contributed by atoms with Crippen molar-refractivity contribution < 1.29 is 14.4 Å². The van der Waals surface area contributed by atoms with Gasteiger partial charge in [0.15, 0.2) is 5.78 Å². The molecule has 0 fully saturated rings. The number of carbonyl (C=O) groups is 3. The fraction of sp³-hybridized carbons (Fsp3) is 0.200. The summed E-state index contributed by atoms with van der Waals surface area (Å²) in [6.07, 6.45) is 4.66. The number of amides is 2. The lowest BCUT2D eigenvalue weighted by Crippen LogP contribution is -2.40. The van der Waals surface area contributed by atoms with Crippen molar-refractivity contribution in [3.8, 4) is 0 Å². The van der Waals surface area contributed by atoms with Crippen molar-refractivity contribution in [3.63, 3.8) is 0 Å². The Morgan fingerprint density at radius 1 is 0.968 bits per heavy atom. The second kappa shape index (κ2) is 9.34. The van der Waals surface area contributed by atoms with Crippen LogP contribution in [0.2, 0.25) is 0 Å². The number of Topliss-reactive ketones (excluding diaryl/α,β-unsaturated/α-hetero) is 1. The highest BCUT2D eigenvalue weighted by atomic mass is 16.2. The zero-order chi connectivity index (χ0) is 21.6. The quantitative estimate of drug-likeness (QED) is 0.491. The van der Waals surface area contributed by atoms with E-state index in [4.69, 9.17) is 0 Å². The first-order chi connectivity index (χ1) is 15.1. The Morgan fingerprint density at radius 2 is 1.74 bits per heavy atom. The van der Waals surface area contributed by atoms with Gasteiger partial charge in [-0.2, -0.15) is 0 Å². The van der Waals surface area contributed by atoms with Crippen LogP contribution in [0, 0.1) is 5.92 Å². The van der Waals surface area contributed by atoms with Crippen LogP contribution in [0.4, 0.5) is 11.4 Å². The van der Waals surface area contributed by atoms with Crippen LogP contribution in [0.5, 0.6) is 0 Å². The number of hydrogen-bond donors (Lipinski definition) is 1. The van der Waals surface area contributed by atoms with Gasteiger partial charge in [0.05, 0.1) is 11.9 Å². The van der Waals surface area contributed by atoms with E-state index in [1.54, 1.807) is 53.6 Å². The van der Waals surface area contributed by atoms with Gasteiger partial charge in [0.25, 0.3) is 0 Å². The van der Waals surface area contributed by atoms with E-state index in [-0.39, 0.29) is 18.1 Å². The molecule has 0 saturated heterocycles. The van der Waals surface area contributed by atoms with Crippen LogP contribution in [0.3, 0.4) is 0 Å². The van der Waals surface area contributed by atoms with Gasteiger partial charge in [0.2, 0.25) is 11.8 Å². The molecule has 0 radical (unpaired) electrons. The van der Waals surface area contributed by atoms with Gasteiger partial charge in [0.1, 0.15) is 5.92 Å². The smallest absolute Gasteiger partial charge is 0.235 e. The average molecular weight is 413 g/mol. The van der Waals surface area contributed by atoms with Crippen LogP contribution in [0.25, 0.3) is 0 Å². The minimum atomic E-state index is -1.14. The van der Waals surface area contributed by atoms with Crippen molar-refractivity contribution in [2.45, 2.75) is 19.3 Å². The molecule has 0 aliphatic carbocycles. The maximum atomic E-state index is 13.2. The molecule has 1 aliphatic heterocycles. The molecule has 1 aliphatic rings. The SMILES string of the molecule is O=C(Nc1cccnc1)[C@@H](CC(=O)N1CCCc2ccccc21)C(=O)c1ccccc1. The van der Waals surface area contributed by atoms with Crippen LogP contribution < -0.4 is 10.2 Å². The number of rotatable bonds is 6. The number of nitrogens with zero attached hydrogens (tertiary/aromatic N) is 2. The zero-order valence-corrected chi connectivity index (χ0v) is 17.0. The van der Waals surface area contributed by atoms with E-state index in [0.29, 0.717) is 17.8 Å². The Kier molecular flexibility index (Phi) is 6.17. The van der Waals surface area contributed by atoms with Crippen LogP contribution in [0.1, 0.15) is 28.8 Å². The summed E-state index contributed by atoms with van der Waals surface area (Å²) in [6, 6.07) is 19.8. The zero-order valence-electron chi connectivity index (χ0n) is 17.0. The van der Waals surface area contributed by atoms with Crippen LogP contribution >= 0.6 is 0 Å². The van der Waals surface area contributed by atoms with E-state index in [1.165, 1.54) is 6.20 Å². The second-order valence-corrected chi connectivity index (χ2v) is 7.50. The number of benzene rings is 2. The highest BCUT2D eigenvalue weighted by Gasteiger charge is 2.33. The van der Waals surface area contributed by atoms with Gasteiger partial charge in [-0.25, -0.2) is 0 Å². The molecule has 3 aromatic rings. The summed E-state index contributed by atoms with van der Waals surface area (Å²) in [6.45, 7) is 0.576. The van der Waals surface area contributed by atoms with Gasteiger partial charge in [-0.3, -0.25) is 19.4 Å². The second-order valence-electron chi connectivity index (χ2n) is 7.50. The molecule has 2 heterocycles. The molecular weight excluding hydrogens is 390 g/mol. The minimum Gasteiger partial charge on any atom is -0.324 e. The molecule has 156 valence electrons. The molecule has 2 aromatic carbocycles. The third kappa shape index (κ3) is 4.69. The fourth-order valence-electron chi connectivity index (χ4n) is 3.85. The molecule has 31 heavy (non-hydrogen) atoms. The van der Waals surface area contributed by atoms with Gasteiger partial charge in [-0.15, -0.1) is 0 Å². The minimum absolute atomic E-state index is 0.200. The van der Waals surface area contributed by atoms with Crippen molar-refractivity contribution in [1.82, 2.24) is 4.98 Å². The first-order valence-corrected chi connectivity index (χ1v) is 10.3. The molecule has 2 amide bonds. The lowest BCUT2D eigenvalue weighted by atomic mass is 9.92. The summed E-state index contributed by atoms with van der Waals surface area (Å²) in [7, 11) is 0. The summed E-state index contributed by atoms with van der Waals surface area (Å²) >= 11 is 0. The maximum Gasteiger partial charge on any atom is 0.235 e. The summed E-state index contributed by atoms with van der Waals surface area (Å²) < 4.78 is 0. The first kappa shape index (κ1) is 20.5. The number of nitrogens with one attached hydrogen (secondary N) is 1. The van der Waals surface area contributed by atoms with Crippen LogP contribution in [-0.2, 0) is 16.0 Å². The average Bonchev–Trinajstić information content (AvgIpc) is 2.82. The topological polar surface area (TPSA) is 79.4 Å². The summed E-state index contributed by atoms with van der Waals surface area (Å²) in [4.78, 5) is 45.2. The Morgan fingerprint density at radius 3 is 2.52 bits per heavy atom. The Labute approximate surface area is 180 Å². The fourth-order valence-corrected chi connectivity index (χ4v) is 3.85. The van der Waals surface area contributed by atoms with Crippen molar-refractivity contribution in [3.05, 3.63) is 90.3 Å². The van der Waals surface area contributed by atoms with Crippen molar-refractivity contribution in [1.29, 1.82) is 0 Å². The number of hydrogen-bond acceptors (Lipinski definition) is 4. The number of para-hydroxylation sites is 1. The molecular formula is C25H23N3O3. The van der Waals surface area contributed by atoms with Crippen LogP contribution in [0.15, 0.2) is 79.1 Å². The molecule has 4 rings (SSSR count). The van der Waals surface area contributed by atoms with Gasteiger partial charge < -0.3 is 10.2 Å². The summed E-state index contributed by atoms with van der Waals surface area (Å²) in [5, 5.41) is 2.73. The van der Waals surface area contributed by atoms with Gasteiger partial charge in [-0.05, 0) is 36.6 Å². The summed E-state index contributed by atoms with van der Waals surface area (Å²) in [5.74, 6) is -2.26. The van der Waals surface area contributed by atoms with E-state index < -0.39 is 11.8 Å². The monoisotopic (exact) mass is 413 g/mol. The van der Waals surface area contributed by atoms with E-state index in [0.717, 1.165) is 24.1 Å². The molecule has 6 nitrogen and oxygen atoms in total. The molecule has 1 aromatic heterocycles. The van der Waals surface area contributed by atoms with Crippen molar-refractivity contribution in [2.75, 3.05) is 16.8 Å². The predicted octanol–water partition coefficient (Wildman–Crippen LogP) is 3.89. The largest absolute Gasteiger partial charge is 0.324 e. The standard InChI is InChI=1S/C25H23N3O3/c29-23(28-15-7-11-18-8-4-5-13-22(18)28)16-21(24(30)19-9-2-1-3-10-19)25(31)27-20-12-6-14-26-17-20/h1-6,8-10,12-14,17,21H,7,11,15-16H2,(H,27,31)/t21-/m0/s1. The van der Waals surface area contributed by atoms with E-state index >= 15 is 0 Å². The molecule has 0 spiro atoms. The highest BCUT2D eigenvalue weighted by Crippen LogP contribution is 2.28. The lowest BCUT2D eigenvalue weighted by molar-refractivity contribution is -0.124. The molecule has 0 unspecified atom stereocenters. The number of anilines is 2. The highest BCUT2D eigenvalue weighted by molar-refractivity contribution is 6.16. The molecule has 1 atom stereocenters. The molecule has 1 N–H and O–H groups in total. The lowest BCUT2D eigenvalue weighted by Gasteiger charge is -2.30. The molecule has 0 bridgehead atoms. The predicted molar refractivity (Wildman–Crippen MR) is 119 cm³/mol. The normalized spacial score (nSPS) is 13.7. The Bertz CT molecular complexity index is 1080. The van der Waals surface area contributed by atoms with Gasteiger partial charge in [0, 0.05) is 30.4 Å². The summed E-state index contributed by atoms with van der Waals surface area (Å²) in [5.41, 5.74) is 2.85. The maximum absolute atomic E-state index is 13.2. The number of aryl methyl sites for hydroxylation is 1. The number of carbonyl (C=O) groups excluding carboxylic acids is 3. The van der Waals surface area contributed by atoms with Gasteiger partial charge in [-0.1, -0.05) is 48.5 Å². The first-order valence-electron chi connectivity index (χ1n) is 10.3.